The molecule has 0 atom stereocenters. The third-order valence-corrected chi connectivity index (χ3v) is 4.50. The van der Waals surface area contributed by atoms with Gasteiger partial charge in [-0.15, -0.1) is 0 Å². The first kappa shape index (κ1) is 17.2. The molecule has 0 aromatic carbocycles. The Morgan fingerprint density at radius 3 is 1.11 bits per heavy atom. The number of hydrogen-bond acceptors (Lipinski definition) is 1. The fourth-order valence-corrected chi connectivity index (χ4v) is 2.25. The average molecular weight is 175 g/mol. The van der Waals surface area contributed by atoms with Crippen molar-refractivity contribution in [2.75, 3.05) is 18.5 Å². The minimum absolute atomic E-state index is 0. The standard InChI is InChI=1S/C6H15P.K.H2O/c1-4-7(5-2)6-3;;/h4-6H2,1-3H3;;1H2. The maximum Gasteiger partial charge on any atom is 0.0543 e. The third kappa shape index (κ3) is 10.0. The van der Waals surface area contributed by atoms with E-state index in [2.05, 4.69) is 20.8 Å². The van der Waals surface area contributed by atoms with Gasteiger partial charge in [0.25, 0.3) is 0 Å². The fraction of sp³-hybridized carbons (Fsp3) is 1.00. The molecule has 0 saturated carbocycles. The first-order valence-electron chi connectivity index (χ1n) is 3.18. The molecule has 1 radical (unpaired) electrons. The molecule has 0 saturated heterocycles. The zero-order valence-corrected chi connectivity index (χ0v) is 11.2. The van der Waals surface area contributed by atoms with Crippen LogP contribution in [0.4, 0.5) is 0 Å². The Hall–Kier alpha value is 2.03. The Labute approximate surface area is 102 Å². The van der Waals surface area contributed by atoms with Gasteiger partial charge in [0.15, 0.2) is 0 Å². The maximum atomic E-state index is 2.31. The van der Waals surface area contributed by atoms with Crippen molar-refractivity contribution in [2.45, 2.75) is 20.8 Å². The Morgan fingerprint density at radius 2 is 1.11 bits per heavy atom. The van der Waals surface area contributed by atoms with Crippen molar-refractivity contribution < 1.29 is 5.48 Å². The summed E-state index contributed by atoms with van der Waals surface area (Å²) in [7, 11) is 0.137. The van der Waals surface area contributed by atoms with E-state index in [1.54, 1.807) is 0 Å². The van der Waals surface area contributed by atoms with E-state index in [0.29, 0.717) is 0 Å². The van der Waals surface area contributed by atoms with Crippen LogP contribution in [0.3, 0.4) is 0 Å². The second-order valence-electron chi connectivity index (χ2n) is 1.81. The van der Waals surface area contributed by atoms with Crippen LogP contribution in [0.15, 0.2) is 0 Å². The van der Waals surface area contributed by atoms with Crippen LogP contribution < -0.4 is 0 Å². The number of hydrogen-bond donors (Lipinski definition) is 0. The van der Waals surface area contributed by atoms with Crippen molar-refractivity contribution in [3.63, 3.8) is 0 Å². The van der Waals surface area contributed by atoms with Crippen LogP contribution in [0.5, 0.6) is 0 Å². The van der Waals surface area contributed by atoms with E-state index >= 15 is 0 Å². The Bertz CT molecular complexity index is 34.5. The first-order valence-corrected chi connectivity index (χ1v) is 5.30. The van der Waals surface area contributed by atoms with Crippen molar-refractivity contribution in [3.8, 4) is 0 Å². The second-order valence-corrected chi connectivity index (χ2v) is 5.43. The van der Waals surface area contributed by atoms with Gasteiger partial charge >= 0.3 is 0 Å². The maximum absolute atomic E-state index is 2.31. The minimum atomic E-state index is 0. The molecule has 0 aliphatic carbocycles. The van der Waals surface area contributed by atoms with Gasteiger partial charge in [-0.05, 0) is 28.7 Å². The average Bonchev–Trinajstić information content (AvgIpc) is 1.72. The Balaban J connectivity index is -0.000000180. The van der Waals surface area contributed by atoms with E-state index in [0.717, 1.165) is 0 Å². The molecule has 0 aromatic rings. The first-order chi connectivity index (χ1) is 3.35. The molecule has 0 spiro atoms. The zero-order valence-electron chi connectivity index (χ0n) is 7.07. The SMILES string of the molecule is CC[PH+](CC)CC.[K].[OH-]. The molecule has 0 aromatic heterocycles. The molecule has 0 aliphatic heterocycles. The number of rotatable bonds is 3. The zero-order chi connectivity index (χ0) is 5.70. The molecule has 0 unspecified atom stereocenters. The Kier molecular flexibility index (Phi) is 24.2. The molecule has 3 heteroatoms. The summed E-state index contributed by atoms with van der Waals surface area (Å²) < 4.78 is 0. The van der Waals surface area contributed by atoms with Gasteiger partial charge in [0.2, 0.25) is 0 Å². The van der Waals surface area contributed by atoms with Crippen LogP contribution in [-0.2, 0) is 0 Å². The van der Waals surface area contributed by atoms with Crippen molar-refractivity contribution >= 4 is 59.3 Å². The van der Waals surface area contributed by atoms with Crippen molar-refractivity contribution in [1.82, 2.24) is 0 Å². The quantitative estimate of drug-likeness (QED) is 0.474. The van der Waals surface area contributed by atoms with E-state index in [1.807, 2.05) is 0 Å². The van der Waals surface area contributed by atoms with Crippen LogP contribution in [0.1, 0.15) is 20.8 Å². The van der Waals surface area contributed by atoms with Gasteiger partial charge in [-0.25, -0.2) is 0 Å². The molecule has 0 bridgehead atoms. The molecule has 1 nitrogen and oxygen atoms in total. The molecule has 1 N–H and O–H groups in total. The molecular formula is C6H17KOP. The topological polar surface area (TPSA) is 30.0 Å². The summed E-state index contributed by atoms with van der Waals surface area (Å²) >= 11 is 0. The third-order valence-electron chi connectivity index (χ3n) is 1.50. The summed E-state index contributed by atoms with van der Waals surface area (Å²) in [5, 5.41) is 0. The van der Waals surface area contributed by atoms with Gasteiger partial charge in [-0.3, -0.25) is 0 Å². The molecule has 9 heavy (non-hydrogen) atoms. The molecule has 0 aliphatic rings. The second kappa shape index (κ2) is 12.7. The van der Waals surface area contributed by atoms with Crippen LogP contribution in [0, 0.1) is 0 Å². The van der Waals surface area contributed by atoms with Crippen molar-refractivity contribution in [3.05, 3.63) is 0 Å². The van der Waals surface area contributed by atoms with Crippen LogP contribution in [0.2, 0.25) is 0 Å². The minimum Gasteiger partial charge on any atom is -0.870 e. The van der Waals surface area contributed by atoms with E-state index in [-0.39, 0.29) is 64.8 Å². The molecule has 0 rings (SSSR count). The molecule has 53 valence electrons. The summed E-state index contributed by atoms with van der Waals surface area (Å²) in [5.74, 6) is 0. The summed E-state index contributed by atoms with van der Waals surface area (Å²) in [6.07, 6.45) is 4.37. The van der Waals surface area contributed by atoms with Crippen LogP contribution in [0.25, 0.3) is 0 Å². The van der Waals surface area contributed by atoms with Gasteiger partial charge in [0.1, 0.15) is 0 Å². The predicted octanol–water partition coefficient (Wildman–Crippen LogP) is 1.70. The van der Waals surface area contributed by atoms with Crippen molar-refractivity contribution in [2.24, 2.45) is 0 Å². The van der Waals surface area contributed by atoms with E-state index in [4.69, 9.17) is 0 Å². The van der Waals surface area contributed by atoms with Gasteiger partial charge in [0.05, 0.1) is 18.5 Å². The molecule has 0 fully saturated rings. The summed E-state index contributed by atoms with van der Waals surface area (Å²) in [4.78, 5) is 0. The summed E-state index contributed by atoms with van der Waals surface area (Å²) in [6, 6.07) is 0. The largest absolute Gasteiger partial charge is 0.870 e. The van der Waals surface area contributed by atoms with E-state index < -0.39 is 0 Å². The summed E-state index contributed by atoms with van der Waals surface area (Å²) in [5.41, 5.74) is 0. The summed E-state index contributed by atoms with van der Waals surface area (Å²) in [6.45, 7) is 6.92. The van der Waals surface area contributed by atoms with Gasteiger partial charge in [-0.2, -0.15) is 0 Å². The fourth-order valence-electron chi connectivity index (χ4n) is 0.750. The smallest absolute Gasteiger partial charge is 0.0543 e. The van der Waals surface area contributed by atoms with Gasteiger partial charge < -0.3 is 5.48 Å². The van der Waals surface area contributed by atoms with Gasteiger partial charge in [0, 0.05) is 51.4 Å². The Morgan fingerprint density at radius 1 is 0.889 bits per heavy atom. The van der Waals surface area contributed by atoms with Crippen molar-refractivity contribution in [1.29, 1.82) is 0 Å². The predicted molar refractivity (Wildman–Crippen MR) is 47.6 cm³/mol. The molecular weight excluding hydrogens is 158 g/mol. The van der Waals surface area contributed by atoms with E-state index in [9.17, 15) is 0 Å². The van der Waals surface area contributed by atoms with E-state index in [1.165, 1.54) is 18.5 Å². The van der Waals surface area contributed by atoms with Gasteiger partial charge in [-0.1, -0.05) is 0 Å². The van der Waals surface area contributed by atoms with Crippen LogP contribution >= 0.6 is 7.92 Å². The molecule has 0 amide bonds. The normalized spacial score (nSPS) is 8.00. The van der Waals surface area contributed by atoms with Crippen LogP contribution in [-0.4, -0.2) is 75.3 Å². The molecule has 0 heterocycles. The monoisotopic (exact) mass is 175 g/mol.